The van der Waals surface area contributed by atoms with Crippen LogP contribution in [0.1, 0.15) is 20.8 Å². The van der Waals surface area contributed by atoms with Crippen LogP contribution < -0.4 is 10.6 Å². The third-order valence-electron chi connectivity index (χ3n) is 2.56. The van der Waals surface area contributed by atoms with Gasteiger partial charge in [0.25, 0.3) is 0 Å². The number of carbonyl (C=O) groups is 1. The number of nitrogens with one attached hydrogen (secondary N) is 2. The molecule has 1 heterocycles. The van der Waals surface area contributed by atoms with Crippen molar-refractivity contribution >= 4 is 51.4 Å². The Kier molecular flexibility index (Phi) is 6.05. The Labute approximate surface area is 142 Å². The van der Waals surface area contributed by atoms with Gasteiger partial charge in [-0.25, -0.2) is 0 Å². The lowest BCUT2D eigenvalue weighted by atomic mass is 10.3. The summed E-state index contributed by atoms with van der Waals surface area (Å²) < 4.78 is 0.761. The fourth-order valence-electron chi connectivity index (χ4n) is 1.58. The first-order valence-corrected chi connectivity index (χ1v) is 8.84. The van der Waals surface area contributed by atoms with Crippen molar-refractivity contribution in [3.8, 4) is 0 Å². The van der Waals surface area contributed by atoms with Crippen LogP contribution in [0.25, 0.3) is 0 Å². The number of hydrogen-bond donors (Lipinski definition) is 2. The third-order valence-corrected chi connectivity index (χ3v) is 4.83. The van der Waals surface area contributed by atoms with Gasteiger partial charge in [-0.2, -0.15) is 0 Å². The molecule has 0 fully saturated rings. The van der Waals surface area contributed by atoms with Crippen LogP contribution in [0.2, 0.25) is 5.02 Å². The number of rotatable bonds is 6. The summed E-state index contributed by atoms with van der Waals surface area (Å²) in [6.45, 7) is 5.91. The predicted molar refractivity (Wildman–Crippen MR) is 94.1 cm³/mol. The van der Waals surface area contributed by atoms with Crippen molar-refractivity contribution in [2.75, 3.05) is 10.6 Å². The summed E-state index contributed by atoms with van der Waals surface area (Å²) in [5.41, 5.74) is 0.685. The van der Waals surface area contributed by atoms with Gasteiger partial charge in [0.2, 0.25) is 11.0 Å². The topological polar surface area (TPSA) is 66.9 Å². The van der Waals surface area contributed by atoms with E-state index in [1.54, 1.807) is 24.3 Å². The molecule has 0 bridgehead atoms. The van der Waals surface area contributed by atoms with Gasteiger partial charge in [-0.1, -0.05) is 40.8 Å². The lowest BCUT2D eigenvalue weighted by Gasteiger charge is -2.10. The van der Waals surface area contributed by atoms with E-state index in [2.05, 4.69) is 20.8 Å². The molecule has 1 aromatic heterocycles. The van der Waals surface area contributed by atoms with Gasteiger partial charge in [-0.15, -0.1) is 10.2 Å². The lowest BCUT2D eigenvalue weighted by Crippen LogP contribution is -2.22. The molecule has 0 spiro atoms. The third kappa shape index (κ3) is 5.15. The highest BCUT2D eigenvalue weighted by Gasteiger charge is 2.17. The average Bonchev–Trinajstić information content (AvgIpc) is 2.85. The molecule has 0 saturated heterocycles. The largest absolute Gasteiger partial charge is 0.358 e. The Hall–Kier alpha value is -1.31. The number of carbonyl (C=O) groups excluding carboxylic acids is 1. The number of benzene rings is 1. The van der Waals surface area contributed by atoms with E-state index in [1.165, 1.54) is 23.1 Å². The fourth-order valence-corrected chi connectivity index (χ4v) is 3.81. The molecular formula is C14H17ClN4OS2. The van der Waals surface area contributed by atoms with Gasteiger partial charge in [-0.3, -0.25) is 4.79 Å². The van der Waals surface area contributed by atoms with Gasteiger partial charge < -0.3 is 10.6 Å². The summed E-state index contributed by atoms with van der Waals surface area (Å²) in [5, 5.41) is 15.2. The van der Waals surface area contributed by atoms with E-state index < -0.39 is 0 Å². The van der Waals surface area contributed by atoms with E-state index in [4.69, 9.17) is 11.6 Å². The van der Waals surface area contributed by atoms with Crippen LogP contribution in [0.3, 0.4) is 0 Å². The Bertz CT molecular complexity index is 647. The molecule has 1 amide bonds. The van der Waals surface area contributed by atoms with Crippen LogP contribution in [0.15, 0.2) is 28.6 Å². The maximum atomic E-state index is 12.2. The molecule has 118 valence electrons. The van der Waals surface area contributed by atoms with Gasteiger partial charge in [-0.05, 0) is 39.0 Å². The molecule has 0 saturated carbocycles. The van der Waals surface area contributed by atoms with E-state index in [9.17, 15) is 4.79 Å². The minimum Gasteiger partial charge on any atom is -0.358 e. The Balaban J connectivity index is 1.92. The summed E-state index contributed by atoms with van der Waals surface area (Å²) in [7, 11) is 0. The monoisotopic (exact) mass is 356 g/mol. The summed E-state index contributed by atoms with van der Waals surface area (Å²) >= 11 is 8.73. The zero-order valence-electron chi connectivity index (χ0n) is 12.5. The minimum absolute atomic E-state index is 0.0964. The highest BCUT2D eigenvalue weighted by Crippen LogP contribution is 2.29. The normalized spacial score (nSPS) is 12.2. The van der Waals surface area contributed by atoms with Crippen molar-refractivity contribution in [3.63, 3.8) is 0 Å². The average molecular weight is 357 g/mol. The standard InChI is InChI=1S/C14H17ClN4OS2/c1-8(2)16-13-18-19-14(22-13)21-9(3)12(20)17-11-6-4-5-10(15)7-11/h4-9H,1-3H3,(H,16,18)(H,17,20)/t9-/m0/s1. The van der Waals surface area contributed by atoms with Gasteiger partial charge in [0.05, 0.1) is 5.25 Å². The summed E-state index contributed by atoms with van der Waals surface area (Å²) in [5.74, 6) is -0.0964. The van der Waals surface area contributed by atoms with Crippen molar-refractivity contribution < 1.29 is 4.79 Å². The Morgan fingerprint density at radius 3 is 2.77 bits per heavy atom. The van der Waals surface area contributed by atoms with Crippen LogP contribution >= 0.6 is 34.7 Å². The number of halogens is 1. The molecule has 0 aliphatic heterocycles. The summed E-state index contributed by atoms with van der Waals surface area (Å²) in [6.07, 6.45) is 0. The number of aromatic nitrogens is 2. The second kappa shape index (κ2) is 7.80. The van der Waals surface area contributed by atoms with E-state index >= 15 is 0 Å². The quantitative estimate of drug-likeness (QED) is 0.762. The molecule has 5 nitrogen and oxygen atoms in total. The lowest BCUT2D eigenvalue weighted by molar-refractivity contribution is -0.115. The highest BCUT2D eigenvalue weighted by atomic mass is 35.5. The number of anilines is 2. The molecule has 2 N–H and O–H groups in total. The molecule has 0 aliphatic rings. The van der Waals surface area contributed by atoms with Crippen LogP contribution in [0.4, 0.5) is 10.8 Å². The van der Waals surface area contributed by atoms with Crippen molar-refractivity contribution in [1.29, 1.82) is 0 Å². The minimum atomic E-state index is -0.279. The molecule has 2 aromatic rings. The fraction of sp³-hybridized carbons (Fsp3) is 0.357. The maximum absolute atomic E-state index is 12.2. The van der Waals surface area contributed by atoms with Gasteiger partial charge in [0.1, 0.15) is 0 Å². The number of hydrogen-bond acceptors (Lipinski definition) is 6. The van der Waals surface area contributed by atoms with Gasteiger partial charge in [0.15, 0.2) is 4.34 Å². The first kappa shape index (κ1) is 17.1. The predicted octanol–water partition coefficient (Wildman–Crippen LogP) is 4.13. The molecular weight excluding hydrogens is 340 g/mol. The molecule has 0 aliphatic carbocycles. The van der Waals surface area contributed by atoms with Crippen LogP contribution in [-0.4, -0.2) is 27.4 Å². The van der Waals surface area contributed by atoms with Crippen LogP contribution in [0, 0.1) is 0 Å². The van der Waals surface area contributed by atoms with Gasteiger partial charge >= 0.3 is 0 Å². The SMILES string of the molecule is CC(C)Nc1nnc(S[C@@H](C)C(=O)Nc2cccc(Cl)c2)s1. The molecule has 8 heteroatoms. The second-order valence-electron chi connectivity index (χ2n) is 4.93. The van der Waals surface area contributed by atoms with Crippen molar-refractivity contribution in [3.05, 3.63) is 29.3 Å². The zero-order valence-corrected chi connectivity index (χ0v) is 14.9. The molecule has 1 aromatic carbocycles. The van der Waals surface area contributed by atoms with Crippen LogP contribution in [-0.2, 0) is 4.79 Å². The van der Waals surface area contributed by atoms with Crippen LogP contribution in [0.5, 0.6) is 0 Å². The second-order valence-corrected chi connectivity index (χ2v) is 7.93. The van der Waals surface area contributed by atoms with E-state index in [1.807, 2.05) is 20.8 Å². The first-order chi connectivity index (χ1) is 10.4. The number of thioether (sulfide) groups is 1. The van der Waals surface area contributed by atoms with E-state index in [0.29, 0.717) is 16.8 Å². The van der Waals surface area contributed by atoms with E-state index in [0.717, 1.165) is 9.47 Å². The molecule has 0 radical (unpaired) electrons. The number of amides is 1. The Morgan fingerprint density at radius 2 is 2.09 bits per heavy atom. The molecule has 1 atom stereocenters. The smallest absolute Gasteiger partial charge is 0.237 e. The molecule has 2 rings (SSSR count). The molecule has 0 unspecified atom stereocenters. The van der Waals surface area contributed by atoms with Crippen molar-refractivity contribution in [2.45, 2.75) is 36.4 Å². The molecule has 22 heavy (non-hydrogen) atoms. The van der Waals surface area contributed by atoms with Crippen molar-refractivity contribution in [1.82, 2.24) is 10.2 Å². The zero-order chi connectivity index (χ0) is 16.1. The van der Waals surface area contributed by atoms with Gasteiger partial charge in [0, 0.05) is 16.8 Å². The summed E-state index contributed by atoms with van der Waals surface area (Å²) in [6, 6.07) is 7.38. The number of nitrogens with zero attached hydrogens (tertiary/aromatic N) is 2. The van der Waals surface area contributed by atoms with E-state index in [-0.39, 0.29) is 11.2 Å². The first-order valence-electron chi connectivity index (χ1n) is 6.77. The Morgan fingerprint density at radius 1 is 1.32 bits per heavy atom. The maximum Gasteiger partial charge on any atom is 0.237 e. The highest BCUT2D eigenvalue weighted by molar-refractivity contribution is 8.02. The van der Waals surface area contributed by atoms with Crippen molar-refractivity contribution in [2.24, 2.45) is 0 Å². The summed E-state index contributed by atoms with van der Waals surface area (Å²) in [4.78, 5) is 12.2.